The summed E-state index contributed by atoms with van der Waals surface area (Å²) in [6.07, 6.45) is -0.775. The molecule has 1 heterocycles. The number of aromatic nitrogens is 4. The summed E-state index contributed by atoms with van der Waals surface area (Å²) in [7, 11) is 1.55. The Morgan fingerprint density at radius 3 is 2.88 bits per heavy atom. The molecular weight excluding hydrogens is 334 g/mol. The van der Waals surface area contributed by atoms with E-state index in [0.717, 1.165) is 17.3 Å². The van der Waals surface area contributed by atoms with Crippen LogP contribution in [0.1, 0.15) is 12.5 Å². The molecule has 0 saturated heterocycles. The summed E-state index contributed by atoms with van der Waals surface area (Å²) in [5, 5.41) is 14.0. The lowest BCUT2D eigenvalue weighted by atomic mass is 10.2. The van der Waals surface area contributed by atoms with Crippen molar-refractivity contribution in [2.45, 2.75) is 19.0 Å². The van der Waals surface area contributed by atoms with Gasteiger partial charge in [-0.05, 0) is 42.0 Å². The fourth-order valence-corrected chi connectivity index (χ4v) is 2.52. The maximum atomic E-state index is 11.7. The number of benzene rings is 1. The number of alkyl carbamates (subject to hydrolysis) is 1. The topological polar surface area (TPSA) is 108 Å². The molecule has 0 saturated carbocycles. The summed E-state index contributed by atoms with van der Waals surface area (Å²) in [5.41, 5.74) is 1.67. The van der Waals surface area contributed by atoms with Gasteiger partial charge in [0.15, 0.2) is 0 Å². The van der Waals surface area contributed by atoms with Crippen molar-refractivity contribution < 1.29 is 19.1 Å². The van der Waals surface area contributed by atoms with Crippen LogP contribution >= 0.6 is 11.8 Å². The molecule has 0 aliphatic rings. The highest BCUT2D eigenvalue weighted by molar-refractivity contribution is 7.99. The van der Waals surface area contributed by atoms with Crippen LogP contribution < -0.4 is 10.1 Å². The van der Waals surface area contributed by atoms with Gasteiger partial charge in [-0.1, -0.05) is 17.8 Å². The molecular formula is C14H17N5O4S. The standard InChI is InChI=1S/C14H17N5O4S/c1-4-23-14(21)15-12(20)8-24-13-16-17-18-19(13)10-7-9(2)5-6-11(10)22-3/h5-7H,4,8H2,1-3H3,(H,15,20,21). The summed E-state index contributed by atoms with van der Waals surface area (Å²) in [6.45, 7) is 3.78. The normalized spacial score (nSPS) is 10.3. The summed E-state index contributed by atoms with van der Waals surface area (Å²) in [5.74, 6) is 0.0720. The molecule has 2 amide bonds. The van der Waals surface area contributed by atoms with Crippen molar-refractivity contribution in [3.05, 3.63) is 23.8 Å². The minimum atomic E-state index is -0.775. The molecule has 0 aliphatic heterocycles. The maximum absolute atomic E-state index is 11.7. The van der Waals surface area contributed by atoms with Gasteiger partial charge in [-0.3, -0.25) is 10.1 Å². The Labute approximate surface area is 142 Å². The van der Waals surface area contributed by atoms with Crippen LogP contribution in [0.2, 0.25) is 0 Å². The van der Waals surface area contributed by atoms with E-state index in [9.17, 15) is 9.59 Å². The third-order valence-corrected chi connectivity index (χ3v) is 3.77. The number of hydrogen-bond acceptors (Lipinski definition) is 8. The largest absolute Gasteiger partial charge is 0.494 e. The molecule has 0 fully saturated rings. The Kier molecular flexibility index (Phi) is 6.13. The van der Waals surface area contributed by atoms with Crippen LogP contribution in [0.5, 0.6) is 5.75 Å². The van der Waals surface area contributed by atoms with Gasteiger partial charge in [0.25, 0.3) is 0 Å². The van der Waals surface area contributed by atoms with E-state index in [1.54, 1.807) is 14.0 Å². The second kappa shape index (κ2) is 8.29. The van der Waals surface area contributed by atoms with Gasteiger partial charge in [0.2, 0.25) is 11.1 Å². The number of nitrogens with one attached hydrogen (secondary N) is 1. The average Bonchev–Trinajstić information content (AvgIpc) is 3.01. The van der Waals surface area contributed by atoms with E-state index in [4.69, 9.17) is 4.74 Å². The number of hydrogen-bond donors (Lipinski definition) is 1. The van der Waals surface area contributed by atoms with Crippen LogP contribution in [0, 0.1) is 6.92 Å². The highest BCUT2D eigenvalue weighted by Gasteiger charge is 2.16. The average molecular weight is 351 g/mol. The zero-order valence-corrected chi connectivity index (χ0v) is 14.3. The van der Waals surface area contributed by atoms with Gasteiger partial charge >= 0.3 is 6.09 Å². The first-order valence-corrected chi connectivity index (χ1v) is 8.06. The summed E-state index contributed by atoms with van der Waals surface area (Å²) in [4.78, 5) is 22.9. The third kappa shape index (κ3) is 4.44. The Balaban J connectivity index is 2.10. The highest BCUT2D eigenvalue weighted by atomic mass is 32.2. The summed E-state index contributed by atoms with van der Waals surface area (Å²) >= 11 is 1.09. The monoisotopic (exact) mass is 351 g/mol. The number of nitrogens with zero attached hydrogens (tertiary/aromatic N) is 4. The Hall–Kier alpha value is -2.62. The lowest BCUT2D eigenvalue weighted by Gasteiger charge is -2.10. The number of carbonyl (C=O) groups is 2. The molecule has 128 valence electrons. The fraction of sp³-hybridized carbons (Fsp3) is 0.357. The molecule has 0 radical (unpaired) electrons. The molecule has 1 aromatic heterocycles. The zero-order chi connectivity index (χ0) is 17.5. The van der Waals surface area contributed by atoms with Crippen LogP contribution in [0.4, 0.5) is 4.79 Å². The number of aryl methyl sites for hydroxylation is 1. The van der Waals surface area contributed by atoms with Gasteiger partial charge in [-0.2, -0.15) is 4.68 Å². The van der Waals surface area contributed by atoms with Gasteiger partial charge in [0.1, 0.15) is 11.4 Å². The second-order valence-electron chi connectivity index (χ2n) is 4.61. The van der Waals surface area contributed by atoms with Crippen molar-refractivity contribution >= 4 is 23.8 Å². The van der Waals surface area contributed by atoms with E-state index in [1.807, 2.05) is 25.1 Å². The zero-order valence-electron chi connectivity index (χ0n) is 13.5. The first-order valence-electron chi connectivity index (χ1n) is 7.08. The third-order valence-electron chi connectivity index (χ3n) is 2.85. The quantitative estimate of drug-likeness (QED) is 0.777. The SMILES string of the molecule is CCOC(=O)NC(=O)CSc1nnnn1-c1cc(C)ccc1OC. The first kappa shape index (κ1) is 17.7. The first-order chi connectivity index (χ1) is 11.5. The molecule has 0 atom stereocenters. The number of imide groups is 1. The van der Waals surface area contributed by atoms with Crippen LogP contribution in [0.15, 0.2) is 23.4 Å². The Morgan fingerprint density at radius 2 is 2.17 bits per heavy atom. The van der Waals surface area contributed by atoms with Crippen molar-refractivity contribution in [3.8, 4) is 11.4 Å². The van der Waals surface area contributed by atoms with Gasteiger partial charge in [0.05, 0.1) is 19.5 Å². The Bertz CT molecular complexity index is 734. The van der Waals surface area contributed by atoms with Crippen molar-refractivity contribution in [2.24, 2.45) is 0 Å². The van der Waals surface area contributed by atoms with Crippen molar-refractivity contribution in [1.82, 2.24) is 25.5 Å². The maximum Gasteiger partial charge on any atom is 0.413 e. The number of rotatable bonds is 6. The van der Waals surface area contributed by atoms with Gasteiger partial charge in [-0.25, -0.2) is 4.79 Å². The predicted octanol–water partition coefficient (Wildman–Crippen LogP) is 1.34. The number of amides is 2. The molecule has 1 N–H and O–H groups in total. The van der Waals surface area contributed by atoms with Crippen LogP contribution in [-0.2, 0) is 9.53 Å². The minimum Gasteiger partial charge on any atom is -0.494 e. The molecule has 2 aromatic rings. The molecule has 1 aromatic carbocycles. The molecule has 9 nitrogen and oxygen atoms in total. The van der Waals surface area contributed by atoms with Crippen LogP contribution in [0.3, 0.4) is 0 Å². The van der Waals surface area contributed by atoms with Crippen molar-refractivity contribution in [3.63, 3.8) is 0 Å². The Morgan fingerprint density at radius 1 is 1.38 bits per heavy atom. The van der Waals surface area contributed by atoms with E-state index in [-0.39, 0.29) is 12.4 Å². The summed E-state index contributed by atoms with van der Waals surface area (Å²) in [6, 6.07) is 5.60. The van der Waals surface area contributed by atoms with E-state index in [1.165, 1.54) is 4.68 Å². The number of carbonyl (C=O) groups excluding carboxylic acids is 2. The molecule has 0 aliphatic carbocycles. The predicted molar refractivity (Wildman–Crippen MR) is 86.3 cm³/mol. The molecule has 0 unspecified atom stereocenters. The lowest BCUT2D eigenvalue weighted by Crippen LogP contribution is -2.32. The van der Waals surface area contributed by atoms with E-state index in [0.29, 0.717) is 16.6 Å². The van der Waals surface area contributed by atoms with Crippen LogP contribution in [-0.4, -0.2) is 51.7 Å². The highest BCUT2D eigenvalue weighted by Crippen LogP contribution is 2.26. The van der Waals surface area contributed by atoms with E-state index < -0.39 is 12.0 Å². The van der Waals surface area contributed by atoms with Gasteiger partial charge < -0.3 is 9.47 Å². The smallest absolute Gasteiger partial charge is 0.413 e. The van der Waals surface area contributed by atoms with E-state index in [2.05, 4.69) is 25.6 Å². The molecule has 0 bridgehead atoms. The second-order valence-corrected chi connectivity index (χ2v) is 5.55. The fourth-order valence-electron chi connectivity index (χ4n) is 1.83. The number of methoxy groups -OCH3 is 1. The van der Waals surface area contributed by atoms with Gasteiger partial charge in [-0.15, -0.1) is 5.10 Å². The minimum absolute atomic E-state index is 0.0344. The number of tetrazole rings is 1. The molecule has 10 heteroatoms. The van der Waals surface area contributed by atoms with E-state index >= 15 is 0 Å². The summed E-state index contributed by atoms with van der Waals surface area (Å²) < 4.78 is 11.4. The molecule has 2 rings (SSSR count). The van der Waals surface area contributed by atoms with Gasteiger partial charge in [0, 0.05) is 0 Å². The molecule has 0 spiro atoms. The molecule has 24 heavy (non-hydrogen) atoms. The lowest BCUT2D eigenvalue weighted by molar-refractivity contribution is -0.117. The number of ether oxygens (including phenoxy) is 2. The van der Waals surface area contributed by atoms with Crippen LogP contribution in [0.25, 0.3) is 5.69 Å². The van der Waals surface area contributed by atoms with Crippen molar-refractivity contribution in [2.75, 3.05) is 19.5 Å². The van der Waals surface area contributed by atoms with Crippen molar-refractivity contribution in [1.29, 1.82) is 0 Å². The number of thioether (sulfide) groups is 1.